The maximum absolute atomic E-state index is 13.6. The average molecular weight is 444 g/mol. The highest BCUT2D eigenvalue weighted by Gasteiger charge is 2.63. The van der Waals surface area contributed by atoms with Crippen LogP contribution >= 0.6 is 0 Å². The summed E-state index contributed by atoms with van der Waals surface area (Å²) in [5.41, 5.74) is 2.07. The number of hydrogen-bond acceptors (Lipinski definition) is 9. The number of Topliss-reactive ketones (excluding diaryl/α,β-unsaturated/α-hetero) is 2. The van der Waals surface area contributed by atoms with Crippen LogP contribution in [0.3, 0.4) is 0 Å². The predicted molar refractivity (Wildman–Crippen MR) is 111 cm³/mol. The maximum Gasteiger partial charge on any atom is 0.255 e. The number of rotatable bonds is 4. The first-order chi connectivity index (χ1) is 15.1. The second-order valence-corrected chi connectivity index (χ2v) is 8.23. The van der Waals surface area contributed by atoms with Crippen molar-refractivity contribution < 1.29 is 39.5 Å². The average Bonchev–Trinajstić information content (AvgIpc) is 2.73. The van der Waals surface area contributed by atoms with Gasteiger partial charge in [0, 0.05) is 17.1 Å². The molecule has 10 nitrogen and oxygen atoms in total. The van der Waals surface area contributed by atoms with Crippen LogP contribution in [-0.4, -0.2) is 63.2 Å². The molecule has 1 fully saturated rings. The molecule has 0 spiro atoms. The zero-order chi connectivity index (χ0) is 23.5. The number of phenols is 1. The molecule has 32 heavy (non-hydrogen) atoms. The van der Waals surface area contributed by atoms with Crippen molar-refractivity contribution in [2.24, 2.45) is 17.6 Å². The van der Waals surface area contributed by atoms with Gasteiger partial charge in [-0.05, 0) is 37.4 Å². The first kappa shape index (κ1) is 21.8. The molecule has 0 bridgehead atoms. The lowest BCUT2D eigenvalue weighted by molar-refractivity contribution is -0.150. The highest BCUT2D eigenvalue weighted by atomic mass is 16.5. The molecular weight excluding hydrogens is 420 g/mol. The summed E-state index contributed by atoms with van der Waals surface area (Å²) in [7, 11) is 1.43. The number of ketones is 2. The number of likely N-dealkylation sites (N-methyl/N-ethyl adjacent to an activating group) is 1. The molecule has 3 aliphatic rings. The molecule has 4 atom stereocenters. The van der Waals surface area contributed by atoms with Gasteiger partial charge in [0.1, 0.15) is 28.6 Å². The zero-order valence-electron chi connectivity index (χ0n) is 17.5. The van der Waals surface area contributed by atoms with Crippen LogP contribution in [0, 0.1) is 11.8 Å². The van der Waals surface area contributed by atoms with Gasteiger partial charge in [-0.25, -0.2) is 0 Å². The van der Waals surface area contributed by atoms with E-state index in [1.54, 1.807) is 6.92 Å². The fourth-order valence-corrected chi connectivity index (χ4v) is 5.29. The van der Waals surface area contributed by atoms with E-state index in [1.807, 2.05) is 0 Å². The molecule has 4 rings (SSSR count). The largest absolute Gasteiger partial charge is 0.508 e. The zero-order valence-corrected chi connectivity index (χ0v) is 17.5. The maximum atomic E-state index is 13.6. The first-order valence-corrected chi connectivity index (χ1v) is 10.2. The summed E-state index contributed by atoms with van der Waals surface area (Å²) in [5, 5.41) is 46.4. The Balaban J connectivity index is 1.97. The molecule has 0 saturated heterocycles. The summed E-state index contributed by atoms with van der Waals surface area (Å²) in [5.74, 6) is -6.41. The number of carbonyl (C=O) groups excluding carboxylic acids is 3. The summed E-state index contributed by atoms with van der Waals surface area (Å²) in [6.07, 6.45) is 0.213. The summed E-state index contributed by atoms with van der Waals surface area (Å²) >= 11 is 0. The molecule has 1 saturated carbocycles. The molecular formula is C22H24N2O8. The molecule has 10 heteroatoms. The van der Waals surface area contributed by atoms with Gasteiger partial charge in [-0.1, -0.05) is 6.92 Å². The van der Waals surface area contributed by atoms with Crippen molar-refractivity contribution in [2.45, 2.75) is 31.4 Å². The highest BCUT2D eigenvalue weighted by molar-refractivity contribution is 6.24. The van der Waals surface area contributed by atoms with E-state index >= 15 is 0 Å². The van der Waals surface area contributed by atoms with Crippen LogP contribution < -0.4 is 15.8 Å². The summed E-state index contributed by atoms with van der Waals surface area (Å²) in [6.45, 7) is 1.99. The van der Waals surface area contributed by atoms with E-state index in [0.717, 1.165) is 0 Å². The van der Waals surface area contributed by atoms with E-state index in [9.17, 15) is 34.8 Å². The van der Waals surface area contributed by atoms with Crippen LogP contribution in [0.15, 0.2) is 29.0 Å². The van der Waals surface area contributed by atoms with Crippen molar-refractivity contribution in [3.8, 4) is 11.5 Å². The smallest absolute Gasteiger partial charge is 0.255 e. The topological polar surface area (TPSA) is 179 Å². The van der Waals surface area contributed by atoms with Gasteiger partial charge in [0.05, 0.1) is 18.7 Å². The van der Waals surface area contributed by atoms with Crippen molar-refractivity contribution in [1.82, 2.24) is 5.32 Å². The van der Waals surface area contributed by atoms with Crippen molar-refractivity contribution in [1.29, 1.82) is 0 Å². The summed E-state index contributed by atoms with van der Waals surface area (Å²) < 4.78 is 5.34. The fraction of sp³-hybridized carbons (Fsp3) is 0.409. The standard InChI is InChI=1S/C22H24N2O8/c1-3-24-16-10-7-8-6-9-12(32-2)5-4-11(25)14(9)17(26)13(8)19(28)22(10,31)20(29)15(18(16)27)21(23)30/h4-5,8,10,16,24-26,29,31H,3,6-7H2,1-2H3,(H2,23,30)/t8-,10-,16-,22-/m0/s1. The minimum atomic E-state index is -2.64. The van der Waals surface area contributed by atoms with Crippen molar-refractivity contribution in [3.05, 3.63) is 40.2 Å². The van der Waals surface area contributed by atoms with E-state index in [2.05, 4.69) is 5.32 Å². The quantitative estimate of drug-likeness (QED) is 0.349. The first-order valence-electron chi connectivity index (χ1n) is 10.2. The Hall–Kier alpha value is -3.37. The summed E-state index contributed by atoms with van der Waals surface area (Å²) in [6, 6.07) is 1.69. The lowest BCUT2D eigenvalue weighted by atomic mass is 9.57. The minimum absolute atomic E-state index is 0.000266. The number of phenolic OH excluding ortho intramolecular Hbond substituents is 1. The molecule has 1 amide bonds. The van der Waals surface area contributed by atoms with Gasteiger partial charge < -0.3 is 36.2 Å². The number of amides is 1. The van der Waals surface area contributed by atoms with Gasteiger partial charge in [-0.15, -0.1) is 0 Å². The summed E-state index contributed by atoms with van der Waals surface area (Å²) in [4.78, 5) is 38.4. The van der Waals surface area contributed by atoms with E-state index in [0.29, 0.717) is 11.3 Å². The number of hydrogen-bond donors (Lipinski definition) is 6. The van der Waals surface area contributed by atoms with Crippen LogP contribution in [0.5, 0.6) is 11.5 Å². The van der Waals surface area contributed by atoms with Crippen molar-refractivity contribution >= 4 is 23.2 Å². The molecule has 3 aliphatic carbocycles. The Labute approximate surface area is 183 Å². The van der Waals surface area contributed by atoms with E-state index in [4.69, 9.17) is 10.5 Å². The number of benzene rings is 1. The molecule has 0 aliphatic heterocycles. The second-order valence-electron chi connectivity index (χ2n) is 8.23. The van der Waals surface area contributed by atoms with Gasteiger partial charge in [0.15, 0.2) is 11.4 Å². The number of aliphatic hydroxyl groups is 3. The monoisotopic (exact) mass is 444 g/mol. The molecule has 1 aromatic carbocycles. The number of fused-ring (bicyclic) bond motifs is 3. The Morgan fingerprint density at radius 2 is 1.97 bits per heavy atom. The number of aliphatic hydroxyl groups excluding tert-OH is 2. The van der Waals surface area contributed by atoms with Gasteiger partial charge in [-0.3, -0.25) is 14.4 Å². The lowest BCUT2D eigenvalue weighted by Gasteiger charge is -2.49. The molecule has 0 radical (unpaired) electrons. The van der Waals surface area contributed by atoms with Gasteiger partial charge >= 0.3 is 0 Å². The van der Waals surface area contributed by atoms with E-state index < -0.39 is 58.0 Å². The number of nitrogens with two attached hydrogens (primary N) is 1. The number of nitrogens with one attached hydrogen (secondary N) is 1. The van der Waals surface area contributed by atoms with Gasteiger partial charge in [-0.2, -0.15) is 0 Å². The third-order valence-electron chi connectivity index (χ3n) is 6.68. The van der Waals surface area contributed by atoms with Crippen LogP contribution in [0.1, 0.15) is 24.5 Å². The minimum Gasteiger partial charge on any atom is -0.508 e. The number of carbonyl (C=O) groups is 3. The Kier molecular flexibility index (Phi) is 5.02. The fourth-order valence-electron chi connectivity index (χ4n) is 5.29. The Morgan fingerprint density at radius 1 is 1.28 bits per heavy atom. The highest BCUT2D eigenvalue weighted by Crippen LogP contribution is 2.53. The van der Waals surface area contributed by atoms with E-state index in [1.165, 1.54) is 19.2 Å². The molecule has 7 N–H and O–H groups in total. The van der Waals surface area contributed by atoms with Crippen LogP contribution in [0.2, 0.25) is 0 Å². The number of primary amides is 1. The van der Waals surface area contributed by atoms with Crippen LogP contribution in [0.4, 0.5) is 0 Å². The number of aromatic hydroxyl groups is 1. The lowest BCUT2D eigenvalue weighted by Crippen LogP contribution is -2.66. The van der Waals surface area contributed by atoms with Gasteiger partial charge in [0.2, 0.25) is 5.78 Å². The molecule has 0 aromatic heterocycles. The molecule has 1 aromatic rings. The Bertz CT molecular complexity index is 1120. The molecule has 0 unspecified atom stereocenters. The normalized spacial score (nSPS) is 29.4. The van der Waals surface area contributed by atoms with E-state index in [-0.39, 0.29) is 36.3 Å². The number of methoxy groups -OCH3 is 1. The SMILES string of the molecule is CCN[C@@H]1C(=O)C(C(N)=O)=C(O)[C@@]2(O)C(=O)C3=C(O)c4c(O)ccc(OC)c4C[C@H]3C[C@@H]12. The molecule has 170 valence electrons. The van der Waals surface area contributed by atoms with Crippen LogP contribution in [-0.2, 0) is 20.8 Å². The van der Waals surface area contributed by atoms with Gasteiger partial charge in [0.25, 0.3) is 5.91 Å². The molecule has 0 heterocycles. The third kappa shape index (κ3) is 2.69. The third-order valence-corrected chi connectivity index (χ3v) is 6.68. The van der Waals surface area contributed by atoms with Crippen LogP contribution in [0.25, 0.3) is 5.76 Å². The number of ether oxygens (including phenoxy) is 1. The predicted octanol–water partition coefficient (Wildman–Crippen LogP) is 0.0205. The van der Waals surface area contributed by atoms with Crippen molar-refractivity contribution in [3.63, 3.8) is 0 Å². The Morgan fingerprint density at radius 3 is 2.56 bits per heavy atom. The van der Waals surface area contributed by atoms with Crippen molar-refractivity contribution in [2.75, 3.05) is 13.7 Å². The second kappa shape index (κ2) is 7.35.